The number of morpholine rings is 1. The molecule has 0 bridgehead atoms. The van der Waals surface area contributed by atoms with E-state index in [1.54, 1.807) is 24.3 Å². The van der Waals surface area contributed by atoms with E-state index < -0.39 is 42.7 Å². The SMILES string of the molecule is Cc1ccc(NC(=O)OC(CN2CCOC(c3ccc(F)c(F)c3)C2)C(F)(F)F)cc1. The molecule has 0 radical (unpaired) electrons. The number of carbonyl (C=O) groups excluding carboxylic acids is 1. The van der Waals surface area contributed by atoms with Gasteiger partial charge < -0.3 is 9.47 Å². The molecule has 1 aliphatic heterocycles. The molecule has 5 nitrogen and oxygen atoms in total. The van der Waals surface area contributed by atoms with Gasteiger partial charge in [-0.15, -0.1) is 0 Å². The third-order valence-corrected chi connectivity index (χ3v) is 4.80. The number of nitrogens with zero attached hydrogens (tertiary/aromatic N) is 1. The average Bonchev–Trinajstić information content (AvgIpc) is 2.71. The van der Waals surface area contributed by atoms with Gasteiger partial charge in [-0.25, -0.2) is 13.6 Å². The van der Waals surface area contributed by atoms with E-state index in [0.717, 1.165) is 17.7 Å². The number of nitrogens with one attached hydrogen (secondary N) is 1. The Morgan fingerprint density at radius 1 is 1.19 bits per heavy atom. The number of ether oxygens (including phenoxy) is 2. The summed E-state index contributed by atoms with van der Waals surface area (Å²) in [6.07, 6.45) is -9.13. The van der Waals surface area contributed by atoms with Crippen LogP contribution in [0.3, 0.4) is 0 Å². The van der Waals surface area contributed by atoms with E-state index in [0.29, 0.717) is 11.3 Å². The molecule has 0 aliphatic carbocycles. The highest BCUT2D eigenvalue weighted by atomic mass is 19.4. The summed E-state index contributed by atoms with van der Waals surface area (Å²) >= 11 is 0. The fourth-order valence-corrected chi connectivity index (χ4v) is 3.14. The third kappa shape index (κ3) is 6.38. The Morgan fingerprint density at radius 2 is 1.90 bits per heavy atom. The van der Waals surface area contributed by atoms with Crippen molar-refractivity contribution in [1.29, 1.82) is 0 Å². The molecule has 0 saturated carbocycles. The Labute approximate surface area is 175 Å². The van der Waals surface area contributed by atoms with Gasteiger partial charge in [0.15, 0.2) is 11.6 Å². The van der Waals surface area contributed by atoms with Gasteiger partial charge in [-0.05, 0) is 36.8 Å². The Balaban J connectivity index is 1.63. The monoisotopic (exact) mass is 444 g/mol. The van der Waals surface area contributed by atoms with Crippen LogP contribution < -0.4 is 5.32 Å². The van der Waals surface area contributed by atoms with Crippen LogP contribution in [0.5, 0.6) is 0 Å². The van der Waals surface area contributed by atoms with Crippen LogP contribution in [0.1, 0.15) is 17.2 Å². The number of carbonyl (C=O) groups is 1. The fourth-order valence-electron chi connectivity index (χ4n) is 3.14. The summed E-state index contributed by atoms with van der Waals surface area (Å²) in [4.78, 5) is 13.4. The molecule has 168 valence electrons. The Kier molecular flexibility index (Phi) is 7.11. The number of benzene rings is 2. The van der Waals surface area contributed by atoms with Crippen molar-refractivity contribution in [2.24, 2.45) is 0 Å². The summed E-state index contributed by atoms with van der Waals surface area (Å²) in [6, 6.07) is 9.70. The van der Waals surface area contributed by atoms with Gasteiger partial charge in [0.1, 0.15) is 0 Å². The summed E-state index contributed by atoms with van der Waals surface area (Å²) in [7, 11) is 0. The molecular weight excluding hydrogens is 423 g/mol. The molecule has 2 aromatic carbocycles. The quantitative estimate of drug-likeness (QED) is 0.672. The predicted molar refractivity (Wildman–Crippen MR) is 103 cm³/mol. The Bertz CT molecular complexity index is 905. The summed E-state index contributed by atoms with van der Waals surface area (Å²) in [5, 5.41) is 2.27. The van der Waals surface area contributed by atoms with Gasteiger partial charge in [0, 0.05) is 25.3 Å². The summed E-state index contributed by atoms with van der Waals surface area (Å²) in [5.74, 6) is -2.09. The van der Waals surface area contributed by atoms with Crippen LogP contribution in [0.25, 0.3) is 0 Å². The fraction of sp³-hybridized carbons (Fsp3) is 0.381. The molecule has 0 aromatic heterocycles. The first-order valence-corrected chi connectivity index (χ1v) is 9.52. The number of amides is 1. The standard InChI is InChI=1S/C21H21F5N2O3/c1-13-2-5-15(6-3-13)27-20(29)31-19(21(24,25)26)12-28-8-9-30-18(11-28)14-4-7-16(22)17(23)10-14/h2-7,10,18-19H,8-9,11-12H2,1H3,(H,27,29). The molecule has 1 aliphatic rings. The normalized spacial score (nSPS) is 18.5. The highest BCUT2D eigenvalue weighted by Crippen LogP contribution is 2.28. The van der Waals surface area contributed by atoms with Crippen LogP contribution in [0.2, 0.25) is 0 Å². The van der Waals surface area contributed by atoms with Crippen LogP contribution in [0.15, 0.2) is 42.5 Å². The van der Waals surface area contributed by atoms with E-state index in [1.165, 1.54) is 11.0 Å². The second-order valence-electron chi connectivity index (χ2n) is 7.22. The maximum Gasteiger partial charge on any atom is 0.426 e. The van der Waals surface area contributed by atoms with Gasteiger partial charge in [0.25, 0.3) is 0 Å². The minimum absolute atomic E-state index is 0.000589. The largest absolute Gasteiger partial charge is 0.435 e. The first-order valence-electron chi connectivity index (χ1n) is 9.52. The molecule has 2 unspecified atom stereocenters. The number of aryl methyl sites for hydroxylation is 1. The van der Waals surface area contributed by atoms with Crippen LogP contribution in [0, 0.1) is 18.6 Å². The van der Waals surface area contributed by atoms with E-state index in [4.69, 9.17) is 4.74 Å². The lowest BCUT2D eigenvalue weighted by Gasteiger charge is -2.35. The minimum Gasteiger partial charge on any atom is -0.435 e. The third-order valence-electron chi connectivity index (χ3n) is 4.80. The molecule has 1 fully saturated rings. The highest BCUT2D eigenvalue weighted by Gasteiger charge is 2.44. The second kappa shape index (κ2) is 9.61. The molecular formula is C21H21F5N2O3. The molecule has 1 heterocycles. The van der Waals surface area contributed by atoms with Crippen molar-refractivity contribution in [2.45, 2.75) is 25.3 Å². The van der Waals surface area contributed by atoms with Crippen molar-refractivity contribution in [3.05, 3.63) is 65.2 Å². The van der Waals surface area contributed by atoms with E-state index in [9.17, 15) is 26.7 Å². The molecule has 1 saturated heterocycles. The van der Waals surface area contributed by atoms with Crippen LogP contribution >= 0.6 is 0 Å². The lowest BCUT2D eigenvalue weighted by Crippen LogP contribution is -2.48. The van der Waals surface area contributed by atoms with Gasteiger partial charge in [-0.1, -0.05) is 23.8 Å². The average molecular weight is 444 g/mol. The number of anilines is 1. The van der Waals surface area contributed by atoms with E-state index in [2.05, 4.69) is 10.1 Å². The van der Waals surface area contributed by atoms with Gasteiger partial charge in [0.2, 0.25) is 6.10 Å². The lowest BCUT2D eigenvalue weighted by molar-refractivity contribution is -0.209. The maximum absolute atomic E-state index is 13.5. The first-order chi connectivity index (χ1) is 14.6. The van der Waals surface area contributed by atoms with Crippen LogP contribution in [0.4, 0.5) is 32.4 Å². The van der Waals surface area contributed by atoms with Crippen LogP contribution in [-0.4, -0.2) is 49.5 Å². The van der Waals surface area contributed by atoms with E-state index in [-0.39, 0.29) is 19.7 Å². The molecule has 10 heteroatoms. The zero-order valence-electron chi connectivity index (χ0n) is 16.6. The summed E-state index contributed by atoms with van der Waals surface area (Å²) in [6.45, 7) is 1.46. The van der Waals surface area contributed by atoms with Gasteiger partial charge in [-0.3, -0.25) is 10.2 Å². The molecule has 0 spiro atoms. The highest BCUT2D eigenvalue weighted by molar-refractivity contribution is 5.84. The lowest BCUT2D eigenvalue weighted by atomic mass is 10.1. The van der Waals surface area contributed by atoms with Crippen molar-refractivity contribution in [2.75, 3.05) is 31.6 Å². The number of alkyl halides is 3. The topological polar surface area (TPSA) is 50.8 Å². The van der Waals surface area contributed by atoms with Crippen molar-refractivity contribution in [3.8, 4) is 0 Å². The predicted octanol–water partition coefficient (Wildman–Crippen LogP) is 4.83. The summed E-state index contributed by atoms with van der Waals surface area (Å²) < 4.78 is 77.2. The molecule has 1 N–H and O–H groups in total. The molecule has 31 heavy (non-hydrogen) atoms. The van der Waals surface area contributed by atoms with Crippen molar-refractivity contribution < 1.29 is 36.2 Å². The smallest absolute Gasteiger partial charge is 0.426 e. The molecule has 2 atom stereocenters. The minimum atomic E-state index is -4.79. The van der Waals surface area contributed by atoms with Gasteiger partial charge >= 0.3 is 12.3 Å². The van der Waals surface area contributed by atoms with Gasteiger partial charge in [0.05, 0.1) is 12.7 Å². The van der Waals surface area contributed by atoms with Gasteiger partial charge in [-0.2, -0.15) is 13.2 Å². The molecule has 2 aromatic rings. The number of hydrogen-bond acceptors (Lipinski definition) is 4. The van der Waals surface area contributed by atoms with Crippen LogP contribution in [-0.2, 0) is 9.47 Å². The number of hydrogen-bond donors (Lipinski definition) is 1. The van der Waals surface area contributed by atoms with E-state index >= 15 is 0 Å². The second-order valence-corrected chi connectivity index (χ2v) is 7.22. The molecule has 1 amide bonds. The van der Waals surface area contributed by atoms with Crippen molar-refractivity contribution in [1.82, 2.24) is 4.90 Å². The van der Waals surface area contributed by atoms with E-state index in [1.807, 2.05) is 6.92 Å². The summed E-state index contributed by atoms with van der Waals surface area (Å²) in [5.41, 5.74) is 1.54. The maximum atomic E-state index is 13.5. The zero-order chi connectivity index (χ0) is 22.6. The first kappa shape index (κ1) is 23.0. The zero-order valence-corrected chi connectivity index (χ0v) is 16.6. The van der Waals surface area contributed by atoms with Crippen molar-refractivity contribution in [3.63, 3.8) is 0 Å². The number of rotatable bonds is 5. The van der Waals surface area contributed by atoms with Crippen molar-refractivity contribution >= 4 is 11.8 Å². The number of halogens is 5. The Morgan fingerprint density at radius 3 is 2.55 bits per heavy atom. The Hall–Kier alpha value is -2.72. The molecule has 3 rings (SSSR count).